The van der Waals surface area contributed by atoms with Gasteiger partial charge < -0.3 is 20.4 Å². The van der Waals surface area contributed by atoms with Crippen LogP contribution < -0.4 is 0 Å². The third-order valence-electron chi connectivity index (χ3n) is 1.93. The third-order valence-corrected chi connectivity index (χ3v) is 1.93. The molecule has 0 aliphatic carbocycles. The standard InChI is InChI=1S/C10H10O8/c11-7(12)5(8(13)14)3-1-2-4-6(9(15)16)10(17)18/h5-6H,3-4H2,(H,11,12)(H,13,14)(H,15,16)(H,17,18). The van der Waals surface area contributed by atoms with Crippen LogP contribution in [-0.2, 0) is 19.2 Å². The van der Waals surface area contributed by atoms with Crippen LogP contribution in [0.1, 0.15) is 12.8 Å². The highest BCUT2D eigenvalue weighted by Crippen LogP contribution is 2.05. The minimum atomic E-state index is -1.72. The minimum absolute atomic E-state index is 0.517. The monoisotopic (exact) mass is 258 g/mol. The molecule has 0 rings (SSSR count). The first-order valence-electron chi connectivity index (χ1n) is 4.64. The molecule has 0 radical (unpaired) electrons. The summed E-state index contributed by atoms with van der Waals surface area (Å²) >= 11 is 0. The minimum Gasteiger partial charge on any atom is -0.481 e. The topological polar surface area (TPSA) is 149 Å². The van der Waals surface area contributed by atoms with Gasteiger partial charge in [-0.3, -0.25) is 19.2 Å². The molecule has 0 aromatic heterocycles. The van der Waals surface area contributed by atoms with Gasteiger partial charge in [-0.2, -0.15) is 0 Å². The Hall–Kier alpha value is -2.56. The van der Waals surface area contributed by atoms with E-state index in [1.165, 1.54) is 0 Å². The Morgan fingerprint density at radius 2 is 0.889 bits per heavy atom. The lowest BCUT2D eigenvalue weighted by molar-refractivity contribution is -0.156. The van der Waals surface area contributed by atoms with E-state index in [1.807, 2.05) is 0 Å². The molecule has 0 aliphatic rings. The summed E-state index contributed by atoms with van der Waals surface area (Å²) in [6.45, 7) is 0. The van der Waals surface area contributed by atoms with Crippen LogP contribution >= 0.6 is 0 Å². The molecule has 0 aliphatic heterocycles. The zero-order valence-electron chi connectivity index (χ0n) is 8.99. The van der Waals surface area contributed by atoms with E-state index in [9.17, 15) is 19.2 Å². The van der Waals surface area contributed by atoms with Crippen molar-refractivity contribution in [1.29, 1.82) is 0 Å². The summed E-state index contributed by atoms with van der Waals surface area (Å²) in [5.74, 6) is -5.39. The molecule has 98 valence electrons. The van der Waals surface area contributed by atoms with Crippen LogP contribution in [0.3, 0.4) is 0 Å². The number of rotatable bonds is 6. The maximum atomic E-state index is 10.4. The molecule has 0 heterocycles. The maximum Gasteiger partial charge on any atom is 0.318 e. The summed E-state index contributed by atoms with van der Waals surface area (Å²) in [6.07, 6.45) is -1.03. The molecule has 0 unspecified atom stereocenters. The van der Waals surface area contributed by atoms with E-state index in [0.29, 0.717) is 0 Å². The summed E-state index contributed by atoms with van der Waals surface area (Å²) in [4.78, 5) is 41.8. The third kappa shape index (κ3) is 4.98. The van der Waals surface area contributed by atoms with Crippen molar-refractivity contribution in [3.8, 4) is 11.8 Å². The van der Waals surface area contributed by atoms with Gasteiger partial charge in [0.2, 0.25) is 0 Å². The molecule has 8 nitrogen and oxygen atoms in total. The van der Waals surface area contributed by atoms with E-state index in [2.05, 4.69) is 11.8 Å². The van der Waals surface area contributed by atoms with Crippen molar-refractivity contribution < 1.29 is 39.6 Å². The van der Waals surface area contributed by atoms with E-state index >= 15 is 0 Å². The van der Waals surface area contributed by atoms with Crippen molar-refractivity contribution in [2.24, 2.45) is 11.8 Å². The molecule has 0 fully saturated rings. The number of hydrogen-bond acceptors (Lipinski definition) is 4. The second-order valence-electron chi connectivity index (χ2n) is 3.22. The van der Waals surface area contributed by atoms with Gasteiger partial charge >= 0.3 is 23.9 Å². The largest absolute Gasteiger partial charge is 0.481 e. The van der Waals surface area contributed by atoms with Crippen molar-refractivity contribution in [1.82, 2.24) is 0 Å². The van der Waals surface area contributed by atoms with E-state index in [4.69, 9.17) is 20.4 Å². The summed E-state index contributed by atoms with van der Waals surface area (Å²) in [7, 11) is 0. The zero-order chi connectivity index (χ0) is 14.3. The highest BCUT2D eigenvalue weighted by molar-refractivity contribution is 5.93. The average Bonchev–Trinajstić information content (AvgIpc) is 2.20. The first kappa shape index (κ1) is 15.4. The van der Waals surface area contributed by atoms with Crippen LogP contribution in [0, 0.1) is 23.7 Å². The highest BCUT2D eigenvalue weighted by Gasteiger charge is 2.25. The van der Waals surface area contributed by atoms with Gasteiger partial charge in [-0.25, -0.2) is 0 Å². The van der Waals surface area contributed by atoms with E-state index in [1.54, 1.807) is 0 Å². The summed E-state index contributed by atoms with van der Waals surface area (Å²) in [5.41, 5.74) is 0. The average molecular weight is 258 g/mol. The van der Waals surface area contributed by atoms with Gasteiger partial charge in [0.1, 0.15) is 0 Å². The molecule has 0 saturated carbocycles. The van der Waals surface area contributed by atoms with E-state index in [-0.39, 0.29) is 0 Å². The molecule has 0 atom stereocenters. The number of carbonyl (C=O) groups is 4. The fraction of sp³-hybridized carbons (Fsp3) is 0.400. The Bertz CT molecular complexity index is 361. The second kappa shape index (κ2) is 6.90. The maximum absolute atomic E-state index is 10.4. The molecule has 0 bridgehead atoms. The van der Waals surface area contributed by atoms with Gasteiger partial charge in [0.25, 0.3) is 0 Å². The molecule has 0 aromatic rings. The molecule has 0 aromatic carbocycles. The normalized spacial score (nSPS) is 9.67. The molecule has 8 heteroatoms. The molecular weight excluding hydrogens is 248 g/mol. The summed E-state index contributed by atoms with van der Waals surface area (Å²) < 4.78 is 0. The Labute approximate surface area is 101 Å². The van der Waals surface area contributed by atoms with Gasteiger partial charge in [0, 0.05) is 12.8 Å². The van der Waals surface area contributed by atoms with Crippen LogP contribution in [0.25, 0.3) is 0 Å². The lowest BCUT2D eigenvalue weighted by atomic mass is 10.0. The Morgan fingerprint density at radius 1 is 0.667 bits per heavy atom. The lowest BCUT2D eigenvalue weighted by Crippen LogP contribution is -2.23. The fourth-order valence-corrected chi connectivity index (χ4v) is 0.909. The Balaban J connectivity index is 4.51. The summed E-state index contributed by atoms with van der Waals surface area (Å²) in [6, 6.07) is 0. The van der Waals surface area contributed by atoms with Gasteiger partial charge in [-0.05, 0) is 0 Å². The van der Waals surface area contributed by atoms with Crippen molar-refractivity contribution in [3.05, 3.63) is 0 Å². The molecular formula is C10H10O8. The fourth-order valence-electron chi connectivity index (χ4n) is 0.909. The van der Waals surface area contributed by atoms with Crippen LogP contribution in [0.5, 0.6) is 0 Å². The number of carboxylic acid groups (broad SMARTS) is 4. The lowest BCUT2D eigenvalue weighted by Gasteiger charge is -2.02. The van der Waals surface area contributed by atoms with Gasteiger partial charge in [0.15, 0.2) is 11.8 Å². The van der Waals surface area contributed by atoms with E-state index in [0.717, 1.165) is 0 Å². The zero-order valence-corrected chi connectivity index (χ0v) is 8.99. The summed E-state index contributed by atoms with van der Waals surface area (Å²) in [5, 5.41) is 34.0. The Kier molecular flexibility index (Phi) is 5.92. The quantitative estimate of drug-likeness (QED) is 0.362. The van der Waals surface area contributed by atoms with Crippen molar-refractivity contribution in [3.63, 3.8) is 0 Å². The smallest absolute Gasteiger partial charge is 0.318 e. The van der Waals surface area contributed by atoms with Crippen molar-refractivity contribution in [2.75, 3.05) is 0 Å². The predicted molar refractivity (Wildman–Crippen MR) is 54.5 cm³/mol. The SMILES string of the molecule is O=C(O)C(CC#CCC(C(=O)O)C(=O)O)C(=O)O. The first-order chi connectivity index (χ1) is 8.27. The molecule has 0 spiro atoms. The van der Waals surface area contributed by atoms with Gasteiger partial charge in [-0.1, -0.05) is 0 Å². The molecule has 0 amide bonds. The number of carboxylic acids is 4. The first-order valence-corrected chi connectivity index (χ1v) is 4.64. The van der Waals surface area contributed by atoms with E-state index < -0.39 is 48.6 Å². The predicted octanol–water partition coefficient (Wildman–Crippen LogP) is -0.659. The van der Waals surface area contributed by atoms with Gasteiger partial charge in [-0.15, -0.1) is 11.8 Å². The Morgan fingerprint density at radius 3 is 1.06 bits per heavy atom. The van der Waals surface area contributed by atoms with Crippen LogP contribution in [-0.4, -0.2) is 44.3 Å². The molecule has 4 N–H and O–H groups in total. The number of hydrogen-bond donors (Lipinski definition) is 4. The van der Waals surface area contributed by atoms with Crippen molar-refractivity contribution in [2.45, 2.75) is 12.8 Å². The second-order valence-corrected chi connectivity index (χ2v) is 3.22. The van der Waals surface area contributed by atoms with Crippen LogP contribution in [0.15, 0.2) is 0 Å². The highest BCUT2D eigenvalue weighted by atomic mass is 16.4. The number of aliphatic carboxylic acids is 4. The van der Waals surface area contributed by atoms with Crippen molar-refractivity contribution >= 4 is 23.9 Å². The molecule has 0 saturated heterocycles. The van der Waals surface area contributed by atoms with Crippen LogP contribution in [0.4, 0.5) is 0 Å². The molecule has 18 heavy (non-hydrogen) atoms. The van der Waals surface area contributed by atoms with Gasteiger partial charge in [0.05, 0.1) is 0 Å². The van der Waals surface area contributed by atoms with Crippen LogP contribution in [0.2, 0.25) is 0 Å².